The average Bonchev–Trinajstić information content (AvgIpc) is 3.15. The van der Waals surface area contributed by atoms with Crippen LogP contribution in [-0.4, -0.2) is 24.4 Å². The zero-order valence-corrected chi connectivity index (χ0v) is 15.2. The molecule has 0 spiro atoms. The van der Waals surface area contributed by atoms with Gasteiger partial charge in [0.05, 0.1) is 16.6 Å². The molecule has 2 heterocycles. The number of nitrogens with zero attached hydrogens (tertiary/aromatic N) is 2. The molecule has 0 aliphatic carbocycles. The molecule has 0 amide bonds. The molecule has 2 aromatic rings. The van der Waals surface area contributed by atoms with Crippen molar-refractivity contribution in [3.63, 3.8) is 0 Å². The van der Waals surface area contributed by atoms with Crippen molar-refractivity contribution in [1.29, 1.82) is 0 Å². The van der Waals surface area contributed by atoms with E-state index >= 15 is 0 Å². The first-order valence-electron chi connectivity index (χ1n) is 8.42. The first-order chi connectivity index (χ1) is 11.4. The fourth-order valence-corrected chi connectivity index (χ4v) is 4.92. The van der Waals surface area contributed by atoms with Gasteiger partial charge in [0.2, 0.25) is 10.0 Å². The maximum Gasteiger partial charge on any atom is 0.243 e. The second-order valence-corrected chi connectivity index (χ2v) is 8.78. The lowest BCUT2D eigenvalue weighted by molar-refractivity contribution is 0.297. The Morgan fingerprint density at radius 3 is 2.58 bits per heavy atom. The quantitative estimate of drug-likeness (QED) is 0.826. The summed E-state index contributed by atoms with van der Waals surface area (Å²) in [7, 11) is -3.53. The zero-order valence-electron chi connectivity index (χ0n) is 14.4. The highest BCUT2D eigenvalue weighted by Gasteiger charge is 2.38. The van der Waals surface area contributed by atoms with Gasteiger partial charge in [-0.15, -0.1) is 0 Å². The molecule has 1 aromatic carbocycles. The van der Waals surface area contributed by atoms with Crippen molar-refractivity contribution in [2.75, 3.05) is 6.54 Å². The number of hydrogen-bond acceptors (Lipinski definition) is 4. The molecule has 0 radical (unpaired) electrons. The predicted molar refractivity (Wildman–Crippen MR) is 92.1 cm³/mol. The molecule has 1 aliphatic heterocycles. The lowest BCUT2D eigenvalue weighted by atomic mass is 10.0. The van der Waals surface area contributed by atoms with E-state index in [0.29, 0.717) is 23.1 Å². The SMILES string of the molecule is Cc1cc([C@@H]2CCCN2S(=O)(=O)c2ccc(CC(C)C)cc2)on1. The molecule has 0 saturated carbocycles. The van der Waals surface area contributed by atoms with Crippen LogP contribution in [-0.2, 0) is 16.4 Å². The van der Waals surface area contributed by atoms with Crippen LogP contribution >= 0.6 is 0 Å². The van der Waals surface area contributed by atoms with E-state index < -0.39 is 10.0 Å². The first-order valence-corrected chi connectivity index (χ1v) is 9.86. The minimum atomic E-state index is -3.53. The number of aryl methyl sites for hydroxylation is 1. The minimum absolute atomic E-state index is 0.258. The van der Waals surface area contributed by atoms with E-state index in [1.807, 2.05) is 25.1 Å². The van der Waals surface area contributed by atoms with E-state index in [4.69, 9.17) is 4.52 Å². The van der Waals surface area contributed by atoms with E-state index in [-0.39, 0.29) is 6.04 Å². The van der Waals surface area contributed by atoms with Gasteiger partial charge in [-0.25, -0.2) is 8.42 Å². The lowest BCUT2D eigenvalue weighted by Crippen LogP contribution is -2.30. The van der Waals surface area contributed by atoms with Gasteiger partial charge in [-0.2, -0.15) is 4.31 Å². The smallest absolute Gasteiger partial charge is 0.243 e. The Balaban J connectivity index is 1.86. The van der Waals surface area contributed by atoms with Gasteiger partial charge < -0.3 is 4.52 Å². The molecule has 1 aliphatic rings. The Hall–Kier alpha value is -1.66. The summed E-state index contributed by atoms with van der Waals surface area (Å²) < 4.78 is 32.9. The summed E-state index contributed by atoms with van der Waals surface area (Å²) in [6, 6.07) is 8.82. The Bertz CT molecular complexity index is 794. The van der Waals surface area contributed by atoms with Crippen molar-refractivity contribution in [3.05, 3.63) is 47.3 Å². The summed E-state index contributed by atoms with van der Waals surface area (Å²) in [4.78, 5) is 0.346. The van der Waals surface area contributed by atoms with Crippen LogP contribution in [0.4, 0.5) is 0 Å². The second kappa shape index (κ2) is 6.69. The standard InChI is InChI=1S/C18H24N2O3S/c1-13(2)11-15-6-8-16(9-7-15)24(21,22)20-10-4-5-17(20)18-12-14(3)19-23-18/h6-9,12-13,17H,4-5,10-11H2,1-3H3/t17-/m0/s1. The Labute approximate surface area is 143 Å². The van der Waals surface area contributed by atoms with Crippen LogP contribution in [0.15, 0.2) is 39.8 Å². The van der Waals surface area contributed by atoms with E-state index in [1.165, 1.54) is 0 Å². The molecule has 0 N–H and O–H groups in total. The third-order valence-electron chi connectivity index (χ3n) is 4.35. The van der Waals surface area contributed by atoms with Gasteiger partial charge in [-0.05, 0) is 49.8 Å². The molecule has 1 fully saturated rings. The molecule has 6 heteroatoms. The number of rotatable bonds is 5. The first kappa shape index (κ1) is 17.2. The molecular weight excluding hydrogens is 324 g/mol. The Morgan fingerprint density at radius 1 is 1.29 bits per heavy atom. The summed E-state index contributed by atoms with van der Waals surface area (Å²) >= 11 is 0. The van der Waals surface area contributed by atoms with Crippen LogP contribution < -0.4 is 0 Å². The third kappa shape index (κ3) is 3.39. The highest BCUT2D eigenvalue weighted by molar-refractivity contribution is 7.89. The maximum atomic E-state index is 13.0. The molecule has 130 valence electrons. The summed E-state index contributed by atoms with van der Waals surface area (Å²) in [5.74, 6) is 1.18. The summed E-state index contributed by atoms with van der Waals surface area (Å²) in [5, 5.41) is 3.89. The van der Waals surface area contributed by atoms with Gasteiger partial charge in [0.15, 0.2) is 5.76 Å². The van der Waals surface area contributed by atoms with Gasteiger partial charge in [0.25, 0.3) is 0 Å². The zero-order chi connectivity index (χ0) is 17.3. The van der Waals surface area contributed by atoms with Crippen molar-refractivity contribution in [3.8, 4) is 0 Å². The van der Waals surface area contributed by atoms with Crippen molar-refractivity contribution >= 4 is 10.0 Å². The predicted octanol–water partition coefficient (Wildman–Crippen LogP) is 3.71. The normalized spacial score (nSPS) is 19.2. The van der Waals surface area contributed by atoms with Crippen LogP contribution in [0.5, 0.6) is 0 Å². The number of aromatic nitrogens is 1. The molecule has 1 atom stereocenters. The van der Waals surface area contributed by atoms with Gasteiger partial charge in [-0.3, -0.25) is 0 Å². The third-order valence-corrected chi connectivity index (χ3v) is 6.27. The lowest BCUT2D eigenvalue weighted by Gasteiger charge is -2.22. The average molecular weight is 348 g/mol. The van der Waals surface area contributed by atoms with Gasteiger partial charge >= 0.3 is 0 Å². The fourth-order valence-electron chi connectivity index (χ4n) is 3.26. The Morgan fingerprint density at radius 2 is 2.00 bits per heavy atom. The van der Waals surface area contributed by atoms with Gasteiger partial charge in [0.1, 0.15) is 0 Å². The topological polar surface area (TPSA) is 63.4 Å². The highest BCUT2D eigenvalue weighted by Crippen LogP contribution is 2.36. The van der Waals surface area contributed by atoms with Crippen LogP contribution in [0.2, 0.25) is 0 Å². The van der Waals surface area contributed by atoms with Crippen LogP contribution in [0.1, 0.15) is 49.7 Å². The number of sulfonamides is 1. The largest absolute Gasteiger partial charge is 0.359 e. The van der Waals surface area contributed by atoms with Crippen molar-refractivity contribution in [2.24, 2.45) is 5.92 Å². The van der Waals surface area contributed by atoms with Crippen molar-refractivity contribution in [2.45, 2.75) is 51.0 Å². The molecular formula is C18H24N2O3S. The molecule has 0 bridgehead atoms. The van der Waals surface area contributed by atoms with E-state index in [0.717, 1.165) is 30.5 Å². The monoisotopic (exact) mass is 348 g/mol. The second-order valence-electron chi connectivity index (χ2n) is 6.89. The van der Waals surface area contributed by atoms with Crippen LogP contribution in [0.25, 0.3) is 0 Å². The molecule has 24 heavy (non-hydrogen) atoms. The number of hydrogen-bond donors (Lipinski definition) is 0. The molecule has 1 aromatic heterocycles. The molecule has 3 rings (SSSR count). The van der Waals surface area contributed by atoms with Gasteiger partial charge in [-0.1, -0.05) is 31.1 Å². The van der Waals surface area contributed by atoms with Gasteiger partial charge in [0, 0.05) is 12.6 Å². The summed E-state index contributed by atoms with van der Waals surface area (Å²) in [6.45, 7) is 6.66. The maximum absolute atomic E-state index is 13.0. The van der Waals surface area contributed by atoms with E-state index in [9.17, 15) is 8.42 Å². The highest BCUT2D eigenvalue weighted by atomic mass is 32.2. The molecule has 1 saturated heterocycles. The summed E-state index contributed by atoms with van der Waals surface area (Å²) in [5.41, 5.74) is 1.93. The van der Waals surface area contributed by atoms with Crippen LogP contribution in [0.3, 0.4) is 0 Å². The van der Waals surface area contributed by atoms with Crippen molar-refractivity contribution in [1.82, 2.24) is 9.46 Å². The van der Waals surface area contributed by atoms with E-state index in [2.05, 4.69) is 19.0 Å². The van der Waals surface area contributed by atoms with E-state index in [1.54, 1.807) is 16.4 Å². The minimum Gasteiger partial charge on any atom is -0.359 e. The molecule has 5 nitrogen and oxygen atoms in total. The van der Waals surface area contributed by atoms with Crippen molar-refractivity contribution < 1.29 is 12.9 Å². The Kier molecular flexibility index (Phi) is 4.78. The van der Waals surface area contributed by atoms with Crippen LogP contribution in [0, 0.1) is 12.8 Å². The fraction of sp³-hybridized carbons (Fsp3) is 0.500. The number of benzene rings is 1. The molecule has 0 unspecified atom stereocenters. The summed E-state index contributed by atoms with van der Waals surface area (Å²) in [6.07, 6.45) is 2.54.